The maximum atomic E-state index is 11.4. The minimum atomic E-state index is -0.546. The Balaban J connectivity index is 1.94. The van der Waals surface area contributed by atoms with E-state index in [0.717, 1.165) is 12.0 Å². The van der Waals surface area contributed by atoms with Crippen LogP contribution in [0.3, 0.4) is 0 Å². The van der Waals surface area contributed by atoms with Gasteiger partial charge in [-0.05, 0) is 18.9 Å². The van der Waals surface area contributed by atoms with Gasteiger partial charge in [-0.15, -0.1) is 0 Å². The quantitative estimate of drug-likeness (QED) is 0.788. The predicted octanol–water partition coefficient (Wildman–Crippen LogP) is 1.92. The summed E-state index contributed by atoms with van der Waals surface area (Å²) in [5.74, 6) is -0.265. The van der Waals surface area contributed by atoms with Crippen LogP contribution in [0.2, 0.25) is 0 Å². The summed E-state index contributed by atoms with van der Waals surface area (Å²) >= 11 is 0. The van der Waals surface area contributed by atoms with Gasteiger partial charge in [-0.2, -0.15) is 0 Å². The first kappa shape index (κ1) is 11.1. The highest BCUT2D eigenvalue weighted by atomic mass is 16.5. The van der Waals surface area contributed by atoms with Crippen LogP contribution in [0, 0.1) is 11.8 Å². The molecule has 1 N–H and O–H groups in total. The topological polar surface area (TPSA) is 46.5 Å². The number of esters is 1. The zero-order valence-corrected chi connectivity index (χ0v) is 9.30. The number of hydrogen-bond donors (Lipinski definition) is 1. The van der Waals surface area contributed by atoms with Crippen molar-refractivity contribution in [1.29, 1.82) is 0 Å². The maximum absolute atomic E-state index is 11.4. The Bertz CT molecular complexity index is 361. The minimum Gasteiger partial charge on any atom is -0.466 e. The molecule has 0 spiro atoms. The fourth-order valence-corrected chi connectivity index (χ4v) is 1.98. The first-order valence-electron chi connectivity index (χ1n) is 5.63. The number of rotatable bonds is 4. The summed E-state index contributed by atoms with van der Waals surface area (Å²) in [6.45, 7) is 2.20. The van der Waals surface area contributed by atoms with Crippen LogP contribution >= 0.6 is 0 Å². The number of aliphatic hydroxyl groups is 1. The number of benzene rings is 1. The van der Waals surface area contributed by atoms with Gasteiger partial charge in [-0.3, -0.25) is 4.79 Å². The lowest BCUT2D eigenvalue weighted by Gasteiger charge is -2.10. The predicted molar refractivity (Wildman–Crippen MR) is 59.6 cm³/mol. The van der Waals surface area contributed by atoms with Crippen molar-refractivity contribution in [2.24, 2.45) is 11.8 Å². The number of ether oxygens (including phenoxy) is 1. The second-order valence-corrected chi connectivity index (χ2v) is 4.11. The van der Waals surface area contributed by atoms with E-state index in [2.05, 4.69) is 0 Å². The van der Waals surface area contributed by atoms with Crippen LogP contribution < -0.4 is 0 Å². The largest absolute Gasteiger partial charge is 0.466 e. The number of aliphatic hydroxyl groups excluding tert-OH is 1. The molecule has 0 bridgehead atoms. The van der Waals surface area contributed by atoms with E-state index in [1.54, 1.807) is 6.92 Å². The van der Waals surface area contributed by atoms with Crippen LogP contribution in [0.4, 0.5) is 0 Å². The average molecular weight is 220 g/mol. The van der Waals surface area contributed by atoms with Crippen LogP contribution in [-0.4, -0.2) is 17.7 Å². The molecule has 0 aromatic heterocycles. The van der Waals surface area contributed by atoms with Gasteiger partial charge in [0.2, 0.25) is 0 Å². The minimum absolute atomic E-state index is 0.0291. The smallest absolute Gasteiger partial charge is 0.309 e. The number of carbonyl (C=O) groups is 1. The molecule has 3 atom stereocenters. The molecule has 1 aliphatic rings. The highest BCUT2D eigenvalue weighted by molar-refractivity contribution is 5.75. The number of hydrogen-bond acceptors (Lipinski definition) is 3. The molecular weight excluding hydrogens is 204 g/mol. The van der Waals surface area contributed by atoms with E-state index in [1.165, 1.54) is 0 Å². The van der Waals surface area contributed by atoms with Crippen molar-refractivity contribution in [3.63, 3.8) is 0 Å². The summed E-state index contributed by atoms with van der Waals surface area (Å²) in [6, 6.07) is 9.45. The van der Waals surface area contributed by atoms with Crippen molar-refractivity contribution in [3.05, 3.63) is 35.9 Å². The van der Waals surface area contributed by atoms with Gasteiger partial charge in [0, 0.05) is 5.92 Å². The van der Waals surface area contributed by atoms with Crippen LogP contribution in [0.25, 0.3) is 0 Å². The zero-order chi connectivity index (χ0) is 11.5. The van der Waals surface area contributed by atoms with Gasteiger partial charge < -0.3 is 9.84 Å². The summed E-state index contributed by atoms with van der Waals surface area (Å²) in [5.41, 5.74) is 0.874. The van der Waals surface area contributed by atoms with Crippen LogP contribution in [0.1, 0.15) is 25.0 Å². The van der Waals surface area contributed by atoms with Gasteiger partial charge in [-0.1, -0.05) is 30.3 Å². The standard InChI is InChI=1S/C13H16O3/c1-2-16-13(15)11-8-10(11)12(14)9-6-4-3-5-7-9/h3-7,10-12,14H,2,8H2,1H3/t10-,11-,12+/m1/s1. The van der Waals surface area contributed by atoms with E-state index in [-0.39, 0.29) is 17.8 Å². The molecular formula is C13H16O3. The second kappa shape index (κ2) is 4.66. The molecule has 3 heteroatoms. The fourth-order valence-electron chi connectivity index (χ4n) is 1.98. The Morgan fingerprint density at radius 2 is 2.19 bits per heavy atom. The van der Waals surface area contributed by atoms with Gasteiger partial charge in [0.15, 0.2) is 0 Å². The molecule has 1 aliphatic carbocycles. The molecule has 1 fully saturated rings. The van der Waals surface area contributed by atoms with Crippen LogP contribution in [0.15, 0.2) is 30.3 Å². The summed E-state index contributed by atoms with van der Waals surface area (Å²) in [7, 11) is 0. The Hall–Kier alpha value is -1.35. The molecule has 1 aromatic rings. The normalized spacial score (nSPS) is 24.9. The molecule has 0 saturated heterocycles. The molecule has 16 heavy (non-hydrogen) atoms. The molecule has 1 aromatic carbocycles. The van der Waals surface area contributed by atoms with Crippen LogP contribution in [0.5, 0.6) is 0 Å². The third-order valence-corrected chi connectivity index (χ3v) is 2.98. The van der Waals surface area contributed by atoms with Crippen molar-refractivity contribution in [2.45, 2.75) is 19.4 Å². The molecule has 0 unspecified atom stereocenters. The highest BCUT2D eigenvalue weighted by Gasteiger charge is 2.48. The van der Waals surface area contributed by atoms with E-state index in [9.17, 15) is 9.90 Å². The average Bonchev–Trinajstić information content (AvgIpc) is 3.09. The van der Waals surface area contributed by atoms with Gasteiger partial charge in [-0.25, -0.2) is 0 Å². The van der Waals surface area contributed by atoms with Crippen molar-refractivity contribution >= 4 is 5.97 Å². The molecule has 0 amide bonds. The maximum Gasteiger partial charge on any atom is 0.309 e. The zero-order valence-electron chi connectivity index (χ0n) is 9.30. The van der Waals surface area contributed by atoms with Crippen molar-refractivity contribution in [2.75, 3.05) is 6.61 Å². The fraction of sp³-hybridized carbons (Fsp3) is 0.462. The van der Waals surface area contributed by atoms with E-state index in [4.69, 9.17) is 4.74 Å². The lowest BCUT2D eigenvalue weighted by Crippen LogP contribution is -2.10. The lowest BCUT2D eigenvalue weighted by atomic mass is 10.0. The van der Waals surface area contributed by atoms with E-state index in [0.29, 0.717) is 6.61 Å². The van der Waals surface area contributed by atoms with Gasteiger partial charge in [0.25, 0.3) is 0 Å². The Kier molecular flexibility index (Phi) is 3.25. The van der Waals surface area contributed by atoms with Gasteiger partial charge in [0.05, 0.1) is 18.6 Å². The SMILES string of the molecule is CCOC(=O)[C@@H]1C[C@H]1[C@@H](O)c1ccccc1. The molecule has 86 valence electrons. The van der Waals surface area contributed by atoms with Gasteiger partial charge >= 0.3 is 5.97 Å². The highest BCUT2D eigenvalue weighted by Crippen LogP contribution is 2.47. The van der Waals surface area contributed by atoms with Crippen molar-refractivity contribution in [1.82, 2.24) is 0 Å². The second-order valence-electron chi connectivity index (χ2n) is 4.11. The Labute approximate surface area is 95.0 Å². The Morgan fingerprint density at radius 1 is 1.50 bits per heavy atom. The lowest BCUT2D eigenvalue weighted by molar-refractivity contribution is -0.145. The third kappa shape index (κ3) is 2.25. The van der Waals surface area contributed by atoms with Crippen LogP contribution in [-0.2, 0) is 9.53 Å². The molecule has 0 aliphatic heterocycles. The molecule has 0 radical (unpaired) electrons. The summed E-state index contributed by atoms with van der Waals surface area (Å²) in [4.78, 5) is 11.4. The Morgan fingerprint density at radius 3 is 2.81 bits per heavy atom. The molecule has 0 heterocycles. The molecule has 2 rings (SSSR count). The summed E-state index contributed by atoms with van der Waals surface area (Å²) in [5, 5.41) is 10.0. The molecule has 3 nitrogen and oxygen atoms in total. The van der Waals surface area contributed by atoms with Gasteiger partial charge in [0.1, 0.15) is 0 Å². The first-order chi connectivity index (χ1) is 7.74. The first-order valence-corrected chi connectivity index (χ1v) is 5.63. The van der Waals surface area contributed by atoms with E-state index < -0.39 is 6.10 Å². The third-order valence-electron chi connectivity index (χ3n) is 2.98. The van der Waals surface area contributed by atoms with Crippen molar-refractivity contribution < 1.29 is 14.6 Å². The summed E-state index contributed by atoms with van der Waals surface area (Å²) < 4.78 is 4.93. The summed E-state index contributed by atoms with van der Waals surface area (Å²) in [6.07, 6.45) is 0.185. The van der Waals surface area contributed by atoms with E-state index in [1.807, 2.05) is 30.3 Å². The van der Waals surface area contributed by atoms with E-state index >= 15 is 0 Å². The molecule has 1 saturated carbocycles. The number of carbonyl (C=O) groups excluding carboxylic acids is 1. The monoisotopic (exact) mass is 220 g/mol. The van der Waals surface area contributed by atoms with Crippen molar-refractivity contribution in [3.8, 4) is 0 Å².